The molecule has 0 spiro atoms. The van der Waals surface area contributed by atoms with Gasteiger partial charge in [-0.3, -0.25) is 4.79 Å². The van der Waals surface area contributed by atoms with Gasteiger partial charge in [-0.1, -0.05) is 29.5 Å². The second-order valence-electron chi connectivity index (χ2n) is 6.62. The summed E-state index contributed by atoms with van der Waals surface area (Å²) in [7, 11) is 0. The van der Waals surface area contributed by atoms with E-state index in [9.17, 15) is 9.18 Å². The third kappa shape index (κ3) is 5.53. The van der Waals surface area contributed by atoms with Gasteiger partial charge in [0.25, 0.3) is 0 Å². The maximum absolute atomic E-state index is 13.1. The molecule has 2 heterocycles. The number of carbonyl (C=O) groups is 1. The highest BCUT2D eigenvalue weighted by Gasteiger charge is 2.10. The van der Waals surface area contributed by atoms with Crippen LogP contribution in [0.5, 0.6) is 0 Å². The molecule has 0 unspecified atom stereocenters. The number of aryl methyl sites for hydroxylation is 1. The summed E-state index contributed by atoms with van der Waals surface area (Å²) >= 11 is 4.65. The zero-order valence-corrected chi connectivity index (χ0v) is 18.5. The molecule has 0 bridgehead atoms. The molecule has 2 aromatic heterocycles. The molecule has 2 aromatic carbocycles. The third-order valence-corrected chi connectivity index (χ3v) is 7.17. The molecule has 4 aromatic rings. The van der Waals surface area contributed by atoms with Gasteiger partial charge in [-0.25, -0.2) is 14.4 Å². The molecule has 4 nitrogen and oxygen atoms in total. The number of aromatic nitrogens is 2. The van der Waals surface area contributed by atoms with Crippen molar-refractivity contribution in [1.29, 1.82) is 0 Å². The number of benzene rings is 2. The molecule has 0 aliphatic rings. The predicted octanol–water partition coefficient (Wildman–Crippen LogP) is 6.19. The minimum Gasteiger partial charge on any atom is -0.326 e. The van der Waals surface area contributed by atoms with E-state index in [1.807, 2.05) is 41.9 Å². The Balaban J connectivity index is 1.30. The molecule has 0 aliphatic carbocycles. The number of thioether (sulfide) groups is 1. The van der Waals surface area contributed by atoms with Crippen LogP contribution in [-0.4, -0.2) is 15.9 Å². The lowest BCUT2D eigenvalue weighted by Crippen LogP contribution is -2.14. The smallest absolute Gasteiger partial charge is 0.231 e. The van der Waals surface area contributed by atoms with Gasteiger partial charge in [0.05, 0.1) is 17.8 Å². The number of carbonyl (C=O) groups excluding carboxylic acids is 1. The van der Waals surface area contributed by atoms with E-state index >= 15 is 0 Å². The molecule has 0 atom stereocenters. The maximum atomic E-state index is 13.1. The maximum Gasteiger partial charge on any atom is 0.231 e. The molecule has 30 heavy (non-hydrogen) atoms. The lowest BCUT2D eigenvalue weighted by Gasteiger charge is -2.04. The molecule has 0 radical (unpaired) electrons. The van der Waals surface area contributed by atoms with Crippen LogP contribution in [0.2, 0.25) is 0 Å². The average molecular weight is 456 g/mol. The quantitative estimate of drug-likeness (QED) is 0.338. The van der Waals surface area contributed by atoms with E-state index in [4.69, 9.17) is 0 Å². The Labute approximate surface area is 186 Å². The summed E-state index contributed by atoms with van der Waals surface area (Å²) in [6.07, 6.45) is 0.259. The van der Waals surface area contributed by atoms with Gasteiger partial charge in [0, 0.05) is 27.8 Å². The fourth-order valence-corrected chi connectivity index (χ4v) is 5.31. The van der Waals surface area contributed by atoms with Gasteiger partial charge in [-0.05, 0) is 43.3 Å². The van der Waals surface area contributed by atoms with Crippen LogP contribution in [0, 0.1) is 12.7 Å². The van der Waals surface area contributed by atoms with E-state index < -0.39 is 0 Å². The van der Waals surface area contributed by atoms with Crippen molar-refractivity contribution in [3.63, 3.8) is 0 Å². The van der Waals surface area contributed by atoms with Gasteiger partial charge in [0.1, 0.15) is 10.8 Å². The van der Waals surface area contributed by atoms with Gasteiger partial charge in [0.15, 0.2) is 4.34 Å². The van der Waals surface area contributed by atoms with Crippen molar-refractivity contribution in [2.24, 2.45) is 0 Å². The number of rotatable bonds is 7. The number of thiazole rings is 2. The minimum absolute atomic E-state index is 0.0729. The molecule has 8 heteroatoms. The van der Waals surface area contributed by atoms with Crippen molar-refractivity contribution in [3.05, 3.63) is 81.4 Å². The van der Waals surface area contributed by atoms with Crippen molar-refractivity contribution in [2.75, 3.05) is 5.32 Å². The molecule has 1 N–H and O–H groups in total. The molecule has 0 fully saturated rings. The second-order valence-corrected chi connectivity index (χ2v) is 9.64. The summed E-state index contributed by atoms with van der Waals surface area (Å²) in [6, 6.07) is 14.1. The first-order valence-electron chi connectivity index (χ1n) is 9.19. The summed E-state index contributed by atoms with van der Waals surface area (Å²) in [5, 5.41) is 7.64. The summed E-state index contributed by atoms with van der Waals surface area (Å²) < 4.78 is 14.0. The summed E-state index contributed by atoms with van der Waals surface area (Å²) in [5.74, 6) is 0.360. The van der Waals surface area contributed by atoms with E-state index in [-0.39, 0.29) is 18.1 Å². The molecule has 0 aliphatic heterocycles. The number of hydrogen-bond acceptors (Lipinski definition) is 6. The first-order valence-corrected chi connectivity index (χ1v) is 11.9. The van der Waals surface area contributed by atoms with Crippen molar-refractivity contribution in [1.82, 2.24) is 9.97 Å². The largest absolute Gasteiger partial charge is 0.326 e. The minimum atomic E-state index is -0.254. The molecule has 1 amide bonds. The monoisotopic (exact) mass is 455 g/mol. The first kappa shape index (κ1) is 20.7. The number of hydrogen-bond donors (Lipinski definition) is 1. The average Bonchev–Trinajstić information content (AvgIpc) is 3.38. The van der Waals surface area contributed by atoms with Gasteiger partial charge in [-0.15, -0.1) is 22.7 Å². The van der Waals surface area contributed by atoms with Crippen LogP contribution >= 0.6 is 34.4 Å². The normalized spacial score (nSPS) is 10.9. The topological polar surface area (TPSA) is 54.9 Å². The van der Waals surface area contributed by atoms with E-state index in [1.165, 1.54) is 23.5 Å². The van der Waals surface area contributed by atoms with Crippen LogP contribution in [0.3, 0.4) is 0 Å². The van der Waals surface area contributed by atoms with Crippen LogP contribution in [0.15, 0.2) is 63.6 Å². The fourth-order valence-electron chi connectivity index (χ4n) is 2.69. The number of nitrogens with zero attached hydrogens (tertiary/aromatic N) is 2. The van der Waals surface area contributed by atoms with Crippen LogP contribution < -0.4 is 5.32 Å². The van der Waals surface area contributed by atoms with Gasteiger partial charge in [-0.2, -0.15) is 0 Å². The van der Waals surface area contributed by atoms with Gasteiger partial charge >= 0.3 is 0 Å². The number of nitrogens with one attached hydrogen (secondary N) is 1. The Morgan fingerprint density at radius 3 is 2.57 bits per heavy atom. The highest BCUT2D eigenvalue weighted by Crippen LogP contribution is 2.30. The van der Waals surface area contributed by atoms with Gasteiger partial charge < -0.3 is 5.32 Å². The van der Waals surface area contributed by atoms with Crippen LogP contribution in [0.25, 0.3) is 11.3 Å². The van der Waals surface area contributed by atoms with Crippen molar-refractivity contribution in [2.45, 2.75) is 23.4 Å². The van der Waals surface area contributed by atoms with Crippen molar-refractivity contribution >= 4 is 46.0 Å². The zero-order valence-electron chi connectivity index (χ0n) is 16.1. The Bertz CT molecular complexity index is 1140. The van der Waals surface area contributed by atoms with Crippen molar-refractivity contribution < 1.29 is 9.18 Å². The fraction of sp³-hybridized carbons (Fsp3) is 0.136. The van der Waals surface area contributed by atoms with E-state index in [1.54, 1.807) is 35.2 Å². The number of halogens is 1. The molecule has 0 saturated carbocycles. The lowest BCUT2D eigenvalue weighted by atomic mass is 10.2. The standard InChI is InChI=1S/C22H18FN3OS3/c1-14-2-8-17(9-3-14)24-20(27)10-21-25-18(11-28-21)12-29-22-26-19(13-30-22)15-4-6-16(23)7-5-15/h2-9,11,13H,10,12H2,1H3,(H,24,27). The lowest BCUT2D eigenvalue weighted by molar-refractivity contribution is -0.115. The zero-order chi connectivity index (χ0) is 20.9. The molecule has 4 rings (SSSR count). The number of anilines is 1. The molecular weight excluding hydrogens is 437 g/mol. The second kappa shape index (κ2) is 9.51. The van der Waals surface area contributed by atoms with Crippen LogP contribution in [0.1, 0.15) is 16.3 Å². The summed E-state index contributed by atoms with van der Waals surface area (Å²) in [4.78, 5) is 21.4. The van der Waals surface area contributed by atoms with E-state index in [0.29, 0.717) is 5.75 Å². The molecular formula is C22H18FN3OS3. The Hall–Kier alpha value is -2.55. The Morgan fingerprint density at radius 1 is 1.03 bits per heavy atom. The van der Waals surface area contributed by atoms with E-state index in [0.717, 1.165) is 37.5 Å². The van der Waals surface area contributed by atoms with Gasteiger partial charge in [0.2, 0.25) is 5.91 Å². The highest BCUT2D eigenvalue weighted by atomic mass is 32.2. The van der Waals surface area contributed by atoms with Crippen LogP contribution in [-0.2, 0) is 17.0 Å². The highest BCUT2D eigenvalue weighted by molar-refractivity contribution is 8.00. The van der Waals surface area contributed by atoms with E-state index in [2.05, 4.69) is 15.3 Å². The predicted molar refractivity (Wildman–Crippen MR) is 123 cm³/mol. The number of amides is 1. The van der Waals surface area contributed by atoms with Crippen molar-refractivity contribution in [3.8, 4) is 11.3 Å². The SMILES string of the molecule is Cc1ccc(NC(=O)Cc2nc(CSc3nc(-c4ccc(F)cc4)cs3)cs2)cc1. The third-order valence-electron chi connectivity index (χ3n) is 4.21. The molecule has 152 valence electrons. The van der Waals surface area contributed by atoms with Crippen LogP contribution in [0.4, 0.5) is 10.1 Å². The molecule has 0 saturated heterocycles. The Kier molecular flexibility index (Phi) is 6.56. The summed E-state index contributed by atoms with van der Waals surface area (Å²) in [6.45, 7) is 2.01. The Morgan fingerprint density at radius 2 is 1.80 bits per heavy atom. The summed E-state index contributed by atoms with van der Waals surface area (Å²) in [5.41, 5.74) is 4.62. The first-order chi connectivity index (χ1) is 14.5.